The number of unbranched alkanes of at least 4 members (excludes halogenated alkanes) is 2. The molecular formula is C39H77N3O26P4-4. The number of aliphatic hydroxyl groups is 2. The number of phosphoric ester groups is 3. The first-order chi connectivity index (χ1) is 34.2. The SMILES string of the molecule is C=C.C=C.C=C.C=COOOOOC=C.CCCOCCC(CO)OP(=O)([O-])OCCCCC(=O)NCC(CNC(=O)CCCCOP(=O)([O-])OC(CO)CCOCNC)OP(=O)([O-])OCCOP(C)(=O)[O-]. The molecular weight excluding hydrogens is 1050 g/mol. The lowest BCUT2D eigenvalue weighted by molar-refractivity contribution is -0.692. The quantitative estimate of drug-likeness (QED) is 0.0111. The minimum atomic E-state index is -5.13. The zero-order valence-electron chi connectivity index (χ0n) is 41.4. The molecule has 72 heavy (non-hydrogen) atoms. The predicted molar refractivity (Wildman–Crippen MR) is 252 cm³/mol. The summed E-state index contributed by atoms with van der Waals surface area (Å²) in [7, 11) is -17.2. The molecule has 0 aromatic heterocycles. The Balaban J connectivity index is -0.000000872. The molecule has 7 atom stereocenters. The molecule has 0 aromatic carbocycles. The maximum Gasteiger partial charge on any atom is 0.268 e. The van der Waals surface area contributed by atoms with Gasteiger partial charge in [0.25, 0.3) is 23.5 Å². The third-order valence-electron chi connectivity index (χ3n) is 7.08. The summed E-state index contributed by atoms with van der Waals surface area (Å²) < 4.78 is 91.4. The van der Waals surface area contributed by atoms with Crippen LogP contribution in [0.4, 0.5) is 0 Å². The molecule has 0 aliphatic carbocycles. The molecule has 7 unspecified atom stereocenters. The highest BCUT2D eigenvalue weighted by atomic mass is 31.2. The van der Waals surface area contributed by atoms with Gasteiger partial charge in [0.05, 0.1) is 65.2 Å². The van der Waals surface area contributed by atoms with E-state index >= 15 is 0 Å². The van der Waals surface area contributed by atoms with Gasteiger partial charge in [0, 0.05) is 60.9 Å². The van der Waals surface area contributed by atoms with Gasteiger partial charge in [-0.1, -0.05) is 20.1 Å². The van der Waals surface area contributed by atoms with Crippen LogP contribution in [0.5, 0.6) is 0 Å². The monoisotopic (exact) mass is 1130 g/mol. The van der Waals surface area contributed by atoms with Crippen molar-refractivity contribution in [1.82, 2.24) is 16.0 Å². The molecule has 0 saturated heterocycles. The molecule has 2 amide bonds. The first-order valence-corrected chi connectivity index (χ1v) is 28.0. The molecule has 0 bridgehead atoms. The van der Waals surface area contributed by atoms with Crippen molar-refractivity contribution >= 4 is 42.9 Å². The normalized spacial score (nSPS) is 15.2. The van der Waals surface area contributed by atoms with E-state index in [9.17, 15) is 57.6 Å². The second-order valence-electron chi connectivity index (χ2n) is 12.8. The number of hydrogen-bond donors (Lipinski definition) is 5. The van der Waals surface area contributed by atoms with Crippen molar-refractivity contribution in [2.75, 3.05) is 93.0 Å². The zero-order chi connectivity index (χ0) is 56.2. The Morgan fingerprint density at radius 2 is 0.958 bits per heavy atom. The average Bonchev–Trinajstić information content (AvgIpc) is 3.34. The van der Waals surface area contributed by atoms with Crippen LogP contribution in [-0.4, -0.2) is 133 Å². The van der Waals surface area contributed by atoms with Gasteiger partial charge < -0.3 is 95.9 Å². The van der Waals surface area contributed by atoms with E-state index in [1.807, 2.05) is 6.92 Å². The molecule has 29 nitrogen and oxygen atoms in total. The van der Waals surface area contributed by atoms with Crippen molar-refractivity contribution in [3.05, 3.63) is 65.2 Å². The molecule has 0 heterocycles. The van der Waals surface area contributed by atoms with E-state index in [-0.39, 0.29) is 84.5 Å². The van der Waals surface area contributed by atoms with Crippen LogP contribution in [0.3, 0.4) is 0 Å². The molecule has 0 saturated carbocycles. The Labute approximate surface area is 422 Å². The average molecular weight is 1130 g/mol. The van der Waals surface area contributed by atoms with Gasteiger partial charge in [-0.25, -0.2) is 0 Å². The molecule has 0 spiro atoms. The van der Waals surface area contributed by atoms with Crippen LogP contribution in [0.25, 0.3) is 0 Å². The van der Waals surface area contributed by atoms with E-state index in [1.165, 1.54) is 0 Å². The van der Waals surface area contributed by atoms with Gasteiger partial charge in [-0.2, -0.15) is 0 Å². The molecule has 0 aliphatic rings. The van der Waals surface area contributed by atoms with Gasteiger partial charge in [-0.3, -0.25) is 28.6 Å². The Morgan fingerprint density at radius 3 is 1.33 bits per heavy atom. The minimum absolute atomic E-state index is 0.0818. The summed E-state index contributed by atoms with van der Waals surface area (Å²) in [5.41, 5.74) is 0. The Kier molecular flexibility index (Phi) is 57.9. The van der Waals surface area contributed by atoms with Gasteiger partial charge in [-0.15, -0.1) is 39.5 Å². The third kappa shape index (κ3) is 58.3. The van der Waals surface area contributed by atoms with Gasteiger partial charge in [-0.05, 0) is 52.0 Å². The predicted octanol–water partition coefficient (Wildman–Crippen LogP) is 2.18. The fourth-order valence-corrected chi connectivity index (χ4v) is 7.38. The lowest BCUT2D eigenvalue weighted by atomic mass is 10.2. The van der Waals surface area contributed by atoms with E-state index in [0.717, 1.165) is 25.6 Å². The van der Waals surface area contributed by atoms with E-state index < -0.39 is 101 Å². The fourth-order valence-electron chi connectivity index (χ4n) is 4.20. The lowest BCUT2D eigenvalue weighted by Crippen LogP contribution is -2.41. The van der Waals surface area contributed by atoms with Crippen molar-refractivity contribution in [2.24, 2.45) is 0 Å². The Morgan fingerprint density at radius 1 is 0.569 bits per heavy atom. The van der Waals surface area contributed by atoms with E-state index in [2.05, 4.69) is 103 Å². The largest absolute Gasteiger partial charge is 0.779 e. The van der Waals surface area contributed by atoms with Crippen molar-refractivity contribution in [3.8, 4) is 0 Å². The van der Waals surface area contributed by atoms with Gasteiger partial charge in [0.2, 0.25) is 11.8 Å². The first kappa shape index (κ1) is 78.3. The van der Waals surface area contributed by atoms with Crippen molar-refractivity contribution in [2.45, 2.75) is 83.0 Å². The smallest absolute Gasteiger partial charge is 0.268 e. The highest BCUT2D eigenvalue weighted by Gasteiger charge is 2.22. The Hall–Kier alpha value is -2.60. The molecule has 428 valence electrons. The fraction of sp³-hybridized carbons (Fsp3) is 0.692. The van der Waals surface area contributed by atoms with E-state index in [4.69, 9.17) is 32.1 Å². The Bertz CT molecular complexity index is 1440. The van der Waals surface area contributed by atoms with Gasteiger partial charge in [0.15, 0.2) is 0 Å². The topological polar surface area (TPSA) is 400 Å². The lowest BCUT2D eigenvalue weighted by Gasteiger charge is -2.29. The number of carbonyl (C=O) groups excluding carboxylic acids is 2. The summed E-state index contributed by atoms with van der Waals surface area (Å²) in [6, 6.07) is 0. The summed E-state index contributed by atoms with van der Waals surface area (Å²) in [4.78, 5) is 80.6. The summed E-state index contributed by atoms with van der Waals surface area (Å²) >= 11 is 0. The maximum absolute atomic E-state index is 12.5. The number of hydrogen-bond acceptors (Lipinski definition) is 27. The van der Waals surface area contributed by atoms with Crippen molar-refractivity contribution in [1.29, 1.82) is 0 Å². The maximum atomic E-state index is 12.5. The molecule has 0 aliphatic heterocycles. The zero-order valence-corrected chi connectivity index (χ0v) is 45.0. The van der Waals surface area contributed by atoms with Crippen LogP contribution < -0.4 is 35.5 Å². The summed E-state index contributed by atoms with van der Waals surface area (Å²) in [5.74, 6) is -1.20. The van der Waals surface area contributed by atoms with Gasteiger partial charge in [0.1, 0.15) is 26.2 Å². The third-order valence-corrected chi connectivity index (χ3v) is 10.9. The molecule has 33 heteroatoms. The second-order valence-corrected chi connectivity index (χ2v) is 18.7. The van der Waals surface area contributed by atoms with Crippen LogP contribution in [0.1, 0.15) is 64.7 Å². The summed E-state index contributed by atoms with van der Waals surface area (Å²) in [5, 5.41) is 37.6. The van der Waals surface area contributed by atoms with E-state index in [0.29, 0.717) is 6.61 Å². The van der Waals surface area contributed by atoms with Gasteiger partial charge >= 0.3 is 0 Å². The van der Waals surface area contributed by atoms with Crippen LogP contribution in [-0.2, 0) is 93.9 Å². The second kappa shape index (κ2) is 53.2. The standard InChI is InChI=1S/C29H63N3O21P4.C4H6O5.3C2H4/c1-4-13-45-16-11-25(22-33)51-55(39,40)48-14-7-5-9-28(35)31-20-27(53-57(43,44)50-19-18-47-54(3,37)38)21-32-29(36)10-6-8-15-49-56(41,42)52-26(23-34)12-17-46-24-30-2;1-3-5-7-9-8-6-4-2;3*1-2/h25-27,30,33-34H,4-24H2,1-3H3,(H,31,35)(H,32,36)(H,37,38)(H,39,40)(H,41,42)(H,43,44);3-4H,1-2H2;3*1-2H2/p-4. The number of carbonyl (C=O) groups is 2. The summed E-state index contributed by atoms with van der Waals surface area (Å²) in [6.07, 6.45) is -0.412. The minimum Gasteiger partial charge on any atom is -0.779 e. The van der Waals surface area contributed by atoms with E-state index in [1.54, 1.807) is 7.05 Å². The number of amides is 2. The molecule has 0 rings (SSSR count). The van der Waals surface area contributed by atoms with Crippen LogP contribution in [0.15, 0.2) is 65.2 Å². The highest BCUT2D eigenvalue weighted by molar-refractivity contribution is 7.50. The number of rotatable bonds is 45. The first-order valence-electron chi connectivity index (χ1n) is 21.6. The van der Waals surface area contributed by atoms with Crippen molar-refractivity contribution in [3.63, 3.8) is 0 Å². The molecule has 0 aromatic rings. The molecule has 0 radical (unpaired) electrons. The molecule has 0 fully saturated rings. The van der Waals surface area contributed by atoms with Crippen molar-refractivity contribution < 1.29 is 124 Å². The molecule has 5 N–H and O–H groups in total. The summed E-state index contributed by atoms with van der Waals surface area (Å²) in [6.45, 7) is 23.8. The number of phosphoric acid groups is 3. The van der Waals surface area contributed by atoms with Crippen LogP contribution in [0.2, 0.25) is 0 Å². The number of aliphatic hydroxyl groups excluding tert-OH is 2. The number of ether oxygens (including phenoxy) is 2. The highest BCUT2D eigenvalue weighted by Crippen LogP contribution is 2.42. The number of nitrogens with one attached hydrogen (secondary N) is 3. The van der Waals surface area contributed by atoms with Crippen LogP contribution >= 0.6 is 31.1 Å². The van der Waals surface area contributed by atoms with Crippen LogP contribution in [0, 0.1) is 0 Å².